The average molecular weight is 185 g/mol. The van der Waals surface area contributed by atoms with Crippen molar-refractivity contribution >= 4 is 5.97 Å². The molecule has 1 N–H and O–H groups in total. The van der Waals surface area contributed by atoms with Gasteiger partial charge in [0.2, 0.25) is 0 Å². The first-order valence-electron chi connectivity index (χ1n) is 4.92. The van der Waals surface area contributed by atoms with Crippen LogP contribution in [-0.2, 0) is 4.79 Å². The topological polar surface area (TPSA) is 40.5 Å². The molecule has 1 aliphatic rings. The molecule has 1 rings (SSSR count). The highest BCUT2D eigenvalue weighted by atomic mass is 16.4. The zero-order valence-electron chi connectivity index (χ0n) is 8.66. The molecule has 0 saturated carbocycles. The molecule has 0 bridgehead atoms. The standard InChI is InChI=1S/C10H19NO2/c1-7(2)8-4-9(10(12)13)6-11(3)5-8/h7-9H,4-6H2,1-3H3,(H,12,13)/t8?,9-/m1/s1. The summed E-state index contributed by atoms with van der Waals surface area (Å²) in [6, 6.07) is 0. The maximum Gasteiger partial charge on any atom is 0.307 e. The molecular weight excluding hydrogens is 166 g/mol. The van der Waals surface area contributed by atoms with Crippen LogP contribution in [0.2, 0.25) is 0 Å². The largest absolute Gasteiger partial charge is 0.481 e. The molecule has 3 heteroatoms. The van der Waals surface area contributed by atoms with Gasteiger partial charge in [-0.2, -0.15) is 0 Å². The maximum atomic E-state index is 10.8. The third-order valence-electron chi connectivity index (χ3n) is 2.96. The molecule has 0 aliphatic carbocycles. The fourth-order valence-electron chi connectivity index (χ4n) is 2.03. The number of piperidine rings is 1. The first-order chi connectivity index (χ1) is 6.00. The van der Waals surface area contributed by atoms with E-state index in [2.05, 4.69) is 18.7 Å². The Morgan fingerprint density at radius 3 is 2.54 bits per heavy atom. The van der Waals surface area contributed by atoms with Gasteiger partial charge in [-0.25, -0.2) is 0 Å². The van der Waals surface area contributed by atoms with E-state index in [1.807, 2.05) is 7.05 Å². The van der Waals surface area contributed by atoms with Crippen LogP contribution in [0.4, 0.5) is 0 Å². The minimum absolute atomic E-state index is 0.161. The molecule has 0 aromatic carbocycles. The van der Waals surface area contributed by atoms with Crippen LogP contribution in [0.5, 0.6) is 0 Å². The van der Waals surface area contributed by atoms with Gasteiger partial charge in [0.1, 0.15) is 0 Å². The lowest BCUT2D eigenvalue weighted by molar-refractivity contribution is -0.144. The molecule has 0 aromatic heterocycles. The predicted molar refractivity (Wildman–Crippen MR) is 51.6 cm³/mol. The summed E-state index contributed by atoms with van der Waals surface area (Å²) in [5, 5.41) is 8.93. The van der Waals surface area contributed by atoms with E-state index in [1.165, 1.54) is 0 Å². The number of carbonyl (C=O) groups is 1. The van der Waals surface area contributed by atoms with Gasteiger partial charge in [-0.1, -0.05) is 13.8 Å². The monoisotopic (exact) mass is 185 g/mol. The van der Waals surface area contributed by atoms with Gasteiger partial charge in [-0.15, -0.1) is 0 Å². The molecule has 0 aromatic rings. The zero-order valence-corrected chi connectivity index (χ0v) is 8.66. The van der Waals surface area contributed by atoms with Crippen molar-refractivity contribution in [3.63, 3.8) is 0 Å². The molecule has 3 nitrogen and oxygen atoms in total. The highest BCUT2D eigenvalue weighted by molar-refractivity contribution is 5.70. The summed E-state index contributed by atoms with van der Waals surface area (Å²) in [7, 11) is 2.00. The van der Waals surface area contributed by atoms with Crippen molar-refractivity contribution in [2.75, 3.05) is 20.1 Å². The Labute approximate surface area is 79.7 Å². The predicted octanol–water partition coefficient (Wildman–Crippen LogP) is 1.29. The molecular formula is C10H19NO2. The highest BCUT2D eigenvalue weighted by Crippen LogP contribution is 2.26. The van der Waals surface area contributed by atoms with Gasteiger partial charge < -0.3 is 10.0 Å². The maximum absolute atomic E-state index is 10.8. The normalized spacial score (nSPS) is 30.8. The second-order valence-corrected chi connectivity index (χ2v) is 4.50. The number of hydrogen-bond donors (Lipinski definition) is 1. The Morgan fingerprint density at radius 2 is 2.08 bits per heavy atom. The summed E-state index contributed by atoms with van der Waals surface area (Å²) in [5.41, 5.74) is 0. The summed E-state index contributed by atoms with van der Waals surface area (Å²) in [5.74, 6) is 0.327. The van der Waals surface area contributed by atoms with E-state index in [9.17, 15) is 4.79 Å². The van der Waals surface area contributed by atoms with Crippen molar-refractivity contribution in [1.82, 2.24) is 4.90 Å². The van der Waals surface area contributed by atoms with Crippen LogP contribution in [0, 0.1) is 17.8 Å². The second kappa shape index (κ2) is 4.09. The molecule has 1 saturated heterocycles. The minimum Gasteiger partial charge on any atom is -0.481 e. The van der Waals surface area contributed by atoms with Gasteiger partial charge in [0.15, 0.2) is 0 Å². The molecule has 0 spiro atoms. The Balaban J connectivity index is 2.57. The molecule has 1 unspecified atom stereocenters. The summed E-state index contributed by atoms with van der Waals surface area (Å²) in [4.78, 5) is 13.0. The van der Waals surface area contributed by atoms with E-state index in [1.54, 1.807) is 0 Å². The van der Waals surface area contributed by atoms with E-state index in [0.717, 1.165) is 13.0 Å². The van der Waals surface area contributed by atoms with Crippen molar-refractivity contribution in [1.29, 1.82) is 0 Å². The van der Waals surface area contributed by atoms with Crippen molar-refractivity contribution in [3.05, 3.63) is 0 Å². The molecule has 1 aliphatic heterocycles. The lowest BCUT2D eigenvalue weighted by Gasteiger charge is -2.35. The van der Waals surface area contributed by atoms with Crippen molar-refractivity contribution in [3.8, 4) is 0 Å². The van der Waals surface area contributed by atoms with E-state index >= 15 is 0 Å². The summed E-state index contributed by atoms with van der Waals surface area (Å²) < 4.78 is 0. The van der Waals surface area contributed by atoms with Crippen LogP contribution in [0.3, 0.4) is 0 Å². The van der Waals surface area contributed by atoms with Crippen LogP contribution >= 0.6 is 0 Å². The molecule has 1 heterocycles. The first-order valence-corrected chi connectivity index (χ1v) is 4.92. The fraction of sp³-hybridized carbons (Fsp3) is 0.900. The van der Waals surface area contributed by atoms with Crippen LogP contribution in [-0.4, -0.2) is 36.1 Å². The van der Waals surface area contributed by atoms with E-state index in [-0.39, 0.29) is 5.92 Å². The number of hydrogen-bond acceptors (Lipinski definition) is 2. The number of aliphatic carboxylic acids is 1. The number of carboxylic acid groups (broad SMARTS) is 1. The number of carboxylic acids is 1. The Morgan fingerprint density at radius 1 is 1.46 bits per heavy atom. The number of likely N-dealkylation sites (tertiary alicyclic amines) is 1. The third-order valence-corrected chi connectivity index (χ3v) is 2.96. The van der Waals surface area contributed by atoms with E-state index in [4.69, 9.17) is 5.11 Å². The molecule has 2 atom stereocenters. The molecule has 1 fully saturated rings. The number of rotatable bonds is 2. The van der Waals surface area contributed by atoms with Gasteiger partial charge in [0, 0.05) is 13.1 Å². The molecule has 0 amide bonds. The smallest absolute Gasteiger partial charge is 0.307 e. The molecule has 76 valence electrons. The van der Waals surface area contributed by atoms with Crippen LogP contribution in [0.15, 0.2) is 0 Å². The van der Waals surface area contributed by atoms with Gasteiger partial charge >= 0.3 is 5.97 Å². The second-order valence-electron chi connectivity index (χ2n) is 4.50. The molecule has 13 heavy (non-hydrogen) atoms. The summed E-state index contributed by atoms with van der Waals surface area (Å²) in [6.07, 6.45) is 0.845. The van der Waals surface area contributed by atoms with Crippen molar-refractivity contribution < 1.29 is 9.90 Å². The van der Waals surface area contributed by atoms with Gasteiger partial charge in [0.25, 0.3) is 0 Å². The van der Waals surface area contributed by atoms with Crippen LogP contribution in [0.25, 0.3) is 0 Å². The van der Waals surface area contributed by atoms with Gasteiger partial charge in [0.05, 0.1) is 5.92 Å². The van der Waals surface area contributed by atoms with Crippen LogP contribution in [0.1, 0.15) is 20.3 Å². The third kappa shape index (κ3) is 2.69. The first kappa shape index (κ1) is 10.5. The fourth-order valence-corrected chi connectivity index (χ4v) is 2.03. The Hall–Kier alpha value is -0.570. The zero-order chi connectivity index (χ0) is 10.0. The quantitative estimate of drug-likeness (QED) is 0.705. The van der Waals surface area contributed by atoms with Gasteiger partial charge in [-0.05, 0) is 25.3 Å². The lowest BCUT2D eigenvalue weighted by atomic mass is 9.82. The lowest BCUT2D eigenvalue weighted by Crippen LogP contribution is -2.42. The van der Waals surface area contributed by atoms with E-state index in [0.29, 0.717) is 18.4 Å². The van der Waals surface area contributed by atoms with Crippen molar-refractivity contribution in [2.24, 2.45) is 17.8 Å². The summed E-state index contributed by atoms with van der Waals surface area (Å²) >= 11 is 0. The van der Waals surface area contributed by atoms with Crippen LogP contribution < -0.4 is 0 Å². The summed E-state index contributed by atoms with van der Waals surface area (Å²) in [6.45, 7) is 6.09. The molecule has 0 radical (unpaired) electrons. The van der Waals surface area contributed by atoms with Crippen molar-refractivity contribution in [2.45, 2.75) is 20.3 Å². The number of nitrogens with zero attached hydrogens (tertiary/aromatic N) is 1. The average Bonchev–Trinajstić information content (AvgIpc) is 2.03. The minimum atomic E-state index is -0.641. The Kier molecular flexibility index (Phi) is 3.31. The Bertz CT molecular complexity index is 191. The SMILES string of the molecule is CC(C)C1C[C@@H](C(=O)O)CN(C)C1. The van der Waals surface area contributed by atoms with Gasteiger partial charge in [-0.3, -0.25) is 4.79 Å². The highest BCUT2D eigenvalue weighted by Gasteiger charge is 2.30. The van der Waals surface area contributed by atoms with E-state index < -0.39 is 5.97 Å².